The van der Waals surface area contributed by atoms with Crippen LogP contribution in [0.3, 0.4) is 0 Å². The molecule has 2 rings (SSSR count). The molecule has 0 spiro atoms. The van der Waals surface area contributed by atoms with Crippen LogP contribution >= 0.6 is 0 Å². The third-order valence-electron chi connectivity index (χ3n) is 3.36. The van der Waals surface area contributed by atoms with Crippen LogP contribution < -0.4 is 0 Å². The first kappa shape index (κ1) is 11.1. The number of hydrogen-bond acceptors (Lipinski definition) is 2. The summed E-state index contributed by atoms with van der Waals surface area (Å²) in [5.74, 6) is -1.51. The van der Waals surface area contributed by atoms with Crippen molar-refractivity contribution >= 4 is 5.97 Å². The van der Waals surface area contributed by atoms with Crippen molar-refractivity contribution in [2.24, 2.45) is 5.92 Å². The van der Waals surface area contributed by atoms with Gasteiger partial charge in [0.2, 0.25) is 0 Å². The average Bonchev–Trinajstić information content (AvgIpc) is 2.29. The lowest BCUT2D eigenvalue weighted by molar-refractivity contribution is -0.145. The van der Waals surface area contributed by atoms with Gasteiger partial charge in [0.25, 0.3) is 0 Å². The quantitative estimate of drug-likeness (QED) is 0.801. The number of carboxylic acid groups (broad SMARTS) is 1. The Morgan fingerprint density at radius 2 is 1.88 bits per heavy atom. The van der Waals surface area contributed by atoms with Gasteiger partial charge in [0.1, 0.15) is 0 Å². The van der Waals surface area contributed by atoms with Crippen LogP contribution in [-0.4, -0.2) is 22.3 Å². The maximum Gasteiger partial charge on any atom is 0.307 e. The third kappa shape index (κ3) is 2.09. The van der Waals surface area contributed by atoms with Gasteiger partial charge in [-0.05, 0) is 24.8 Å². The van der Waals surface area contributed by atoms with Crippen molar-refractivity contribution in [2.75, 3.05) is 0 Å². The first-order valence-corrected chi connectivity index (χ1v) is 5.66. The zero-order chi connectivity index (χ0) is 11.5. The molecule has 1 aliphatic rings. The molecule has 1 aliphatic carbocycles. The summed E-state index contributed by atoms with van der Waals surface area (Å²) in [6.45, 7) is 0. The summed E-state index contributed by atoms with van der Waals surface area (Å²) in [5.41, 5.74) is 0.933. The topological polar surface area (TPSA) is 57.5 Å². The summed E-state index contributed by atoms with van der Waals surface area (Å²) in [6, 6.07) is 9.46. The van der Waals surface area contributed by atoms with Crippen molar-refractivity contribution in [1.29, 1.82) is 0 Å². The van der Waals surface area contributed by atoms with E-state index in [1.165, 1.54) is 0 Å². The van der Waals surface area contributed by atoms with E-state index in [0.717, 1.165) is 12.0 Å². The second-order valence-electron chi connectivity index (χ2n) is 4.38. The maximum absolute atomic E-state index is 11.2. The lowest BCUT2D eigenvalue weighted by Gasteiger charge is -2.33. The summed E-state index contributed by atoms with van der Waals surface area (Å²) in [4.78, 5) is 11.2. The molecule has 1 saturated carbocycles. The molecule has 0 bridgehead atoms. The van der Waals surface area contributed by atoms with Gasteiger partial charge in [0, 0.05) is 5.92 Å². The first-order chi connectivity index (χ1) is 7.70. The molecule has 2 N–H and O–H groups in total. The Bertz CT molecular complexity index is 361. The molecule has 0 saturated heterocycles. The van der Waals surface area contributed by atoms with Crippen LogP contribution in [0.25, 0.3) is 0 Å². The molecule has 3 nitrogen and oxygen atoms in total. The van der Waals surface area contributed by atoms with E-state index in [9.17, 15) is 15.0 Å². The second kappa shape index (κ2) is 4.66. The minimum absolute atomic E-state index is 0.257. The van der Waals surface area contributed by atoms with Gasteiger partial charge >= 0.3 is 5.97 Å². The lowest BCUT2D eigenvalue weighted by Crippen LogP contribution is -2.34. The van der Waals surface area contributed by atoms with Gasteiger partial charge < -0.3 is 10.2 Å². The Hall–Kier alpha value is -1.35. The standard InChI is InChI=1S/C13H16O3/c14-11-8-4-7-10(13(15)16)12(11)9-5-2-1-3-6-9/h1-3,5-6,10-12,14H,4,7-8H2,(H,15,16). The summed E-state index contributed by atoms with van der Waals surface area (Å²) < 4.78 is 0. The highest BCUT2D eigenvalue weighted by Crippen LogP contribution is 2.38. The summed E-state index contributed by atoms with van der Waals surface area (Å²) in [6.07, 6.45) is 1.62. The minimum Gasteiger partial charge on any atom is -0.481 e. The van der Waals surface area contributed by atoms with Gasteiger partial charge in [0.15, 0.2) is 0 Å². The number of aliphatic carboxylic acids is 1. The highest BCUT2D eigenvalue weighted by molar-refractivity contribution is 5.71. The molecule has 86 valence electrons. The highest BCUT2D eigenvalue weighted by atomic mass is 16.4. The molecule has 1 aromatic rings. The number of aliphatic hydroxyl groups is 1. The predicted octanol–water partition coefficient (Wildman–Crippen LogP) is 2.02. The van der Waals surface area contributed by atoms with Crippen LogP contribution in [0.5, 0.6) is 0 Å². The fourth-order valence-electron chi connectivity index (χ4n) is 2.58. The number of carboxylic acids is 1. The molecular formula is C13H16O3. The van der Waals surface area contributed by atoms with Gasteiger partial charge in [-0.15, -0.1) is 0 Å². The monoisotopic (exact) mass is 220 g/mol. The van der Waals surface area contributed by atoms with Crippen LogP contribution in [0.15, 0.2) is 30.3 Å². The average molecular weight is 220 g/mol. The Morgan fingerprint density at radius 1 is 1.19 bits per heavy atom. The molecule has 0 radical (unpaired) electrons. The molecule has 1 aromatic carbocycles. The largest absolute Gasteiger partial charge is 0.481 e. The highest BCUT2D eigenvalue weighted by Gasteiger charge is 2.37. The molecule has 3 atom stereocenters. The number of benzene rings is 1. The van der Waals surface area contributed by atoms with Crippen LogP contribution in [0, 0.1) is 5.92 Å². The number of rotatable bonds is 2. The molecule has 3 unspecified atom stereocenters. The Balaban J connectivity index is 2.30. The van der Waals surface area contributed by atoms with E-state index < -0.39 is 18.0 Å². The van der Waals surface area contributed by atoms with Gasteiger partial charge in [-0.25, -0.2) is 0 Å². The number of aliphatic hydroxyl groups excluding tert-OH is 1. The molecule has 16 heavy (non-hydrogen) atoms. The Morgan fingerprint density at radius 3 is 2.50 bits per heavy atom. The van der Waals surface area contributed by atoms with E-state index in [0.29, 0.717) is 12.8 Å². The van der Waals surface area contributed by atoms with Gasteiger partial charge in [-0.3, -0.25) is 4.79 Å². The van der Waals surface area contributed by atoms with E-state index >= 15 is 0 Å². The van der Waals surface area contributed by atoms with Crippen molar-refractivity contribution in [3.63, 3.8) is 0 Å². The molecule has 3 heteroatoms. The van der Waals surface area contributed by atoms with E-state index in [4.69, 9.17) is 0 Å². The number of hydrogen-bond donors (Lipinski definition) is 2. The first-order valence-electron chi connectivity index (χ1n) is 5.66. The Labute approximate surface area is 94.7 Å². The fourth-order valence-corrected chi connectivity index (χ4v) is 2.58. The van der Waals surface area contributed by atoms with Crippen molar-refractivity contribution in [3.05, 3.63) is 35.9 Å². The maximum atomic E-state index is 11.2. The zero-order valence-corrected chi connectivity index (χ0v) is 9.04. The zero-order valence-electron chi connectivity index (χ0n) is 9.04. The summed E-state index contributed by atoms with van der Waals surface area (Å²) in [5, 5.41) is 19.2. The molecule has 0 heterocycles. The SMILES string of the molecule is O=C(O)C1CCCC(O)C1c1ccccc1. The van der Waals surface area contributed by atoms with Gasteiger partial charge in [0.05, 0.1) is 12.0 Å². The molecule has 0 aromatic heterocycles. The molecular weight excluding hydrogens is 204 g/mol. The Kier molecular flexibility index (Phi) is 3.25. The third-order valence-corrected chi connectivity index (χ3v) is 3.36. The van der Waals surface area contributed by atoms with Crippen molar-refractivity contribution in [1.82, 2.24) is 0 Å². The molecule has 0 aliphatic heterocycles. The van der Waals surface area contributed by atoms with Crippen molar-refractivity contribution < 1.29 is 15.0 Å². The van der Waals surface area contributed by atoms with E-state index in [1.807, 2.05) is 30.3 Å². The van der Waals surface area contributed by atoms with E-state index in [-0.39, 0.29) is 5.92 Å². The van der Waals surface area contributed by atoms with Gasteiger partial charge in [-0.1, -0.05) is 30.3 Å². The van der Waals surface area contributed by atoms with Crippen LogP contribution in [0.2, 0.25) is 0 Å². The smallest absolute Gasteiger partial charge is 0.307 e. The second-order valence-corrected chi connectivity index (χ2v) is 4.38. The predicted molar refractivity (Wildman–Crippen MR) is 60.2 cm³/mol. The minimum atomic E-state index is -0.799. The van der Waals surface area contributed by atoms with E-state index in [1.54, 1.807) is 0 Å². The normalized spacial score (nSPS) is 29.9. The lowest BCUT2D eigenvalue weighted by atomic mass is 9.73. The number of carbonyl (C=O) groups is 1. The van der Waals surface area contributed by atoms with Crippen LogP contribution in [0.4, 0.5) is 0 Å². The fraction of sp³-hybridized carbons (Fsp3) is 0.462. The molecule has 1 fully saturated rings. The van der Waals surface area contributed by atoms with Crippen molar-refractivity contribution in [2.45, 2.75) is 31.3 Å². The molecule has 0 amide bonds. The van der Waals surface area contributed by atoms with Gasteiger partial charge in [-0.2, -0.15) is 0 Å². The van der Waals surface area contributed by atoms with Crippen molar-refractivity contribution in [3.8, 4) is 0 Å². The van der Waals surface area contributed by atoms with Crippen LogP contribution in [-0.2, 0) is 4.79 Å². The van der Waals surface area contributed by atoms with E-state index in [2.05, 4.69) is 0 Å². The summed E-state index contributed by atoms with van der Waals surface area (Å²) in [7, 11) is 0. The summed E-state index contributed by atoms with van der Waals surface area (Å²) >= 11 is 0. The van der Waals surface area contributed by atoms with Crippen LogP contribution in [0.1, 0.15) is 30.7 Å².